The van der Waals surface area contributed by atoms with Gasteiger partial charge in [-0.1, -0.05) is 37.3 Å². The average molecular weight is 309 g/mol. The summed E-state index contributed by atoms with van der Waals surface area (Å²) < 4.78 is 4.67. The van der Waals surface area contributed by atoms with Gasteiger partial charge in [-0.05, 0) is 12.5 Å². The van der Waals surface area contributed by atoms with E-state index in [0.29, 0.717) is 11.5 Å². The van der Waals surface area contributed by atoms with Crippen LogP contribution in [0.5, 0.6) is 0 Å². The molecule has 5 heteroatoms. The molecular weight excluding hydrogens is 286 g/mol. The number of carbonyl (C=O) groups excluding carboxylic acids is 2. The van der Waals surface area contributed by atoms with E-state index in [2.05, 4.69) is 4.74 Å². The lowest BCUT2D eigenvalue weighted by molar-refractivity contribution is -0.144. The molecule has 116 valence electrons. The second-order valence-electron chi connectivity index (χ2n) is 5.03. The molecule has 0 bridgehead atoms. The molecule has 21 heavy (non-hydrogen) atoms. The molecule has 0 aromatic heterocycles. The first-order chi connectivity index (χ1) is 9.97. The molecule has 1 aromatic rings. The zero-order valence-electron chi connectivity index (χ0n) is 13.0. The van der Waals surface area contributed by atoms with E-state index in [1.165, 1.54) is 18.9 Å². The number of carbonyl (C=O) groups is 2. The second-order valence-corrected chi connectivity index (χ2v) is 6.06. The number of esters is 1. The third-order valence-electron chi connectivity index (χ3n) is 3.45. The maximum absolute atomic E-state index is 12.2. The second kappa shape index (κ2) is 8.72. The molecule has 0 aliphatic carbocycles. The van der Waals surface area contributed by atoms with Gasteiger partial charge in [-0.3, -0.25) is 9.59 Å². The Labute approximate surface area is 130 Å². The van der Waals surface area contributed by atoms with Crippen LogP contribution in [-0.4, -0.2) is 42.4 Å². The molecular formula is C16H23NO3S. The third-order valence-corrected chi connectivity index (χ3v) is 4.64. The van der Waals surface area contributed by atoms with Crippen molar-refractivity contribution < 1.29 is 14.3 Å². The number of thioether (sulfide) groups is 1. The fraction of sp³-hybridized carbons (Fsp3) is 0.500. The summed E-state index contributed by atoms with van der Waals surface area (Å²) in [6.45, 7) is 3.81. The zero-order chi connectivity index (χ0) is 15.8. The SMILES string of the molecule is COC(=O)C(C)CSCC(=O)N(C)C(C)c1ccccc1. The summed E-state index contributed by atoms with van der Waals surface area (Å²) in [7, 11) is 3.19. The molecule has 0 aliphatic rings. The molecule has 0 saturated carbocycles. The van der Waals surface area contributed by atoms with Crippen molar-refractivity contribution in [3.8, 4) is 0 Å². The number of amides is 1. The summed E-state index contributed by atoms with van der Waals surface area (Å²) in [6.07, 6.45) is 0. The van der Waals surface area contributed by atoms with Gasteiger partial charge in [0.25, 0.3) is 0 Å². The molecule has 0 spiro atoms. The van der Waals surface area contributed by atoms with Gasteiger partial charge in [0.05, 0.1) is 24.8 Å². The Bertz CT molecular complexity index is 464. The van der Waals surface area contributed by atoms with Crippen molar-refractivity contribution in [1.82, 2.24) is 4.90 Å². The molecule has 4 nitrogen and oxygen atoms in total. The maximum atomic E-state index is 12.2. The normalized spacial score (nSPS) is 13.3. The molecule has 0 aliphatic heterocycles. The molecule has 1 rings (SSSR count). The summed E-state index contributed by atoms with van der Waals surface area (Å²) >= 11 is 1.46. The van der Waals surface area contributed by atoms with Gasteiger partial charge in [-0.2, -0.15) is 11.8 Å². The first kappa shape index (κ1) is 17.6. The van der Waals surface area contributed by atoms with Gasteiger partial charge in [0.2, 0.25) is 5.91 Å². The van der Waals surface area contributed by atoms with Crippen molar-refractivity contribution in [2.45, 2.75) is 19.9 Å². The van der Waals surface area contributed by atoms with Crippen LogP contribution in [0.1, 0.15) is 25.5 Å². The average Bonchev–Trinajstić information content (AvgIpc) is 2.53. The highest BCUT2D eigenvalue weighted by Gasteiger charge is 2.18. The molecule has 0 saturated heterocycles. The highest BCUT2D eigenvalue weighted by molar-refractivity contribution is 7.99. The number of hydrogen-bond donors (Lipinski definition) is 0. The van der Waals surface area contributed by atoms with E-state index in [0.717, 1.165) is 5.56 Å². The fourth-order valence-corrected chi connectivity index (χ4v) is 2.85. The van der Waals surface area contributed by atoms with Crippen LogP contribution < -0.4 is 0 Å². The third kappa shape index (κ3) is 5.42. The van der Waals surface area contributed by atoms with E-state index in [1.807, 2.05) is 44.3 Å². The van der Waals surface area contributed by atoms with Gasteiger partial charge in [-0.15, -0.1) is 0 Å². The van der Waals surface area contributed by atoms with Gasteiger partial charge in [0, 0.05) is 12.8 Å². The Morgan fingerprint density at radius 2 is 1.86 bits per heavy atom. The van der Waals surface area contributed by atoms with Crippen molar-refractivity contribution in [2.75, 3.05) is 25.7 Å². The van der Waals surface area contributed by atoms with Gasteiger partial charge in [0.1, 0.15) is 0 Å². The number of ether oxygens (including phenoxy) is 1. The predicted molar refractivity (Wildman–Crippen MR) is 86.1 cm³/mol. The smallest absolute Gasteiger partial charge is 0.309 e. The van der Waals surface area contributed by atoms with Crippen LogP contribution in [0.3, 0.4) is 0 Å². The largest absolute Gasteiger partial charge is 0.469 e. The van der Waals surface area contributed by atoms with Gasteiger partial charge in [-0.25, -0.2) is 0 Å². The van der Waals surface area contributed by atoms with Crippen molar-refractivity contribution in [3.63, 3.8) is 0 Å². The minimum atomic E-state index is -0.235. The molecule has 0 fully saturated rings. The van der Waals surface area contributed by atoms with Crippen LogP contribution in [0, 0.1) is 5.92 Å². The zero-order valence-corrected chi connectivity index (χ0v) is 13.9. The van der Waals surface area contributed by atoms with Gasteiger partial charge in [0.15, 0.2) is 0 Å². The first-order valence-corrected chi connectivity index (χ1v) is 8.09. The maximum Gasteiger partial charge on any atom is 0.309 e. The number of rotatable bonds is 7. The summed E-state index contributed by atoms with van der Waals surface area (Å²) in [5, 5.41) is 0. The van der Waals surface area contributed by atoms with Crippen LogP contribution in [0.15, 0.2) is 30.3 Å². The Morgan fingerprint density at radius 3 is 2.43 bits per heavy atom. The fourth-order valence-electron chi connectivity index (χ4n) is 1.87. The quantitative estimate of drug-likeness (QED) is 0.727. The van der Waals surface area contributed by atoms with Crippen LogP contribution in [-0.2, 0) is 14.3 Å². The van der Waals surface area contributed by atoms with E-state index in [1.54, 1.807) is 11.8 Å². The lowest BCUT2D eigenvalue weighted by Gasteiger charge is -2.25. The molecule has 0 radical (unpaired) electrons. The molecule has 1 amide bonds. The van der Waals surface area contributed by atoms with E-state index in [4.69, 9.17) is 0 Å². The molecule has 0 N–H and O–H groups in total. The van der Waals surface area contributed by atoms with Crippen molar-refractivity contribution >= 4 is 23.6 Å². The lowest BCUT2D eigenvalue weighted by Crippen LogP contribution is -2.31. The van der Waals surface area contributed by atoms with Gasteiger partial charge < -0.3 is 9.64 Å². The Hall–Kier alpha value is -1.49. The number of nitrogens with zero attached hydrogens (tertiary/aromatic N) is 1. The van der Waals surface area contributed by atoms with Crippen LogP contribution in [0.25, 0.3) is 0 Å². The lowest BCUT2D eigenvalue weighted by atomic mass is 10.1. The Morgan fingerprint density at radius 1 is 1.24 bits per heavy atom. The monoisotopic (exact) mass is 309 g/mol. The van der Waals surface area contributed by atoms with Crippen LogP contribution in [0.2, 0.25) is 0 Å². The number of benzene rings is 1. The predicted octanol–water partition coefficient (Wildman–Crippen LogP) is 2.75. The molecule has 0 heterocycles. The van der Waals surface area contributed by atoms with E-state index >= 15 is 0 Å². The summed E-state index contributed by atoms with van der Waals surface area (Å²) in [5.41, 5.74) is 1.11. The van der Waals surface area contributed by atoms with E-state index < -0.39 is 0 Å². The summed E-state index contributed by atoms with van der Waals surface area (Å²) in [5.74, 6) is 0.597. The van der Waals surface area contributed by atoms with Crippen LogP contribution >= 0.6 is 11.8 Å². The summed E-state index contributed by atoms with van der Waals surface area (Å²) in [4.78, 5) is 25.2. The molecule has 2 unspecified atom stereocenters. The standard InChI is InChI=1S/C16H23NO3S/c1-12(16(19)20-4)10-21-11-15(18)17(3)13(2)14-8-6-5-7-9-14/h5-9,12-13H,10-11H2,1-4H3. The Balaban J connectivity index is 2.43. The van der Waals surface area contributed by atoms with Gasteiger partial charge >= 0.3 is 5.97 Å². The number of methoxy groups -OCH3 is 1. The number of hydrogen-bond acceptors (Lipinski definition) is 4. The highest BCUT2D eigenvalue weighted by atomic mass is 32.2. The summed E-state index contributed by atoms with van der Waals surface area (Å²) in [6, 6.07) is 9.97. The minimum Gasteiger partial charge on any atom is -0.469 e. The van der Waals surface area contributed by atoms with Crippen molar-refractivity contribution in [1.29, 1.82) is 0 Å². The molecule has 2 atom stereocenters. The highest BCUT2D eigenvalue weighted by Crippen LogP contribution is 2.19. The topological polar surface area (TPSA) is 46.6 Å². The Kier molecular flexibility index (Phi) is 7.29. The van der Waals surface area contributed by atoms with Crippen molar-refractivity contribution in [2.24, 2.45) is 5.92 Å². The first-order valence-electron chi connectivity index (χ1n) is 6.93. The minimum absolute atomic E-state index is 0.0392. The van der Waals surface area contributed by atoms with E-state index in [-0.39, 0.29) is 23.8 Å². The van der Waals surface area contributed by atoms with Crippen molar-refractivity contribution in [3.05, 3.63) is 35.9 Å². The van der Waals surface area contributed by atoms with Crippen LogP contribution in [0.4, 0.5) is 0 Å². The molecule has 1 aromatic carbocycles. The van der Waals surface area contributed by atoms with E-state index in [9.17, 15) is 9.59 Å².